The summed E-state index contributed by atoms with van der Waals surface area (Å²) < 4.78 is 0. The van der Waals surface area contributed by atoms with Crippen molar-refractivity contribution in [3.8, 4) is 0 Å². The summed E-state index contributed by atoms with van der Waals surface area (Å²) in [7, 11) is 2.07. The normalized spacial score (nSPS) is 29.9. The highest BCUT2D eigenvalue weighted by Crippen LogP contribution is 2.33. The van der Waals surface area contributed by atoms with Gasteiger partial charge < -0.3 is 19.6 Å². The van der Waals surface area contributed by atoms with Crippen molar-refractivity contribution in [1.29, 1.82) is 0 Å². The van der Waals surface area contributed by atoms with Gasteiger partial charge in [-0.3, -0.25) is 14.4 Å². The van der Waals surface area contributed by atoms with Crippen LogP contribution < -0.4 is 0 Å². The van der Waals surface area contributed by atoms with Gasteiger partial charge in [0.1, 0.15) is 6.04 Å². The monoisotopic (exact) mass is 376 g/mol. The van der Waals surface area contributed by atoms with E-state index >= 15 is 0 Å². The predicted octanol–water partition coefficient (Wildman–Crippen LogP) is 0.400. The molecule has 150 valence electrons. The fourth-order valence-electron chi connectivity index (χ4n) is 4.73. The van der Waals surface area contributed by atoms with Crippen LogP contribution in [0.1, 0.15) is 38.5 Å². The maximum Gasteiger partial charge on any atom is 0.245 e. The molecular weight excluding hydrogens is 344 g/mol. The Morgan fingerprint density at radius 2 is 1.37 bits per heavy atom. The Balaban J connectivity index is 1.38. The first-order valence-electron chi connectivity index (χ1n) is 10.6. The highest BCUT2D eigenvalue weighted by molar-refractivity contribution is 5.90. The number of carbonyl (C=O) groups excluding carboxylic acids is 3. The lowest BCUT2D eigenvalue weighted by atomic mass is 9.95. The van der Waals surface area contributed by atoms with Crippen LogP contribution >= 0.6 is 0 Å². The van der Waals surface area contributed by atoms with Crippen LogP contribution in [-0.4, -0.2) is 96.2 Å². The van der Waals surface area contributed by atoms with Crippen molar-refractivity contribution in [2.45, 2.75) is 44.6 Å². The summed E-state index contributed by atoms with van der Waals surface area (Å²) in [5, 5.41) is 0. The second-order valence-electron chi connectivity index (χ2n) is 8.72. The van der Waals surface area contributed by atoms with E-state index in [0.717, 1.165) is 71.2 Å². The maximum atomic E-state index is 13.2. The Hall–Kier alpha value is -1.63. The Labute approximate surface area is 161 Å². The lowest BCUT2D eigenvalue weighted by Gasteiger charge is -2.38. The van der Waals surface area contributed by atoms with Crippen LogP contribution in [0.5, 0.6) is 0 Å². The molecule has 1 aliphatic carbocycles. The van der Waals surface area contributed by atoms with Crippen LogP contribution in [0.15, 0.2) is 0 Å². The molecule has 2 atom stereocenters. The number of hydrogen-bond donors (Lipinski definition) is 0. The zero-order chi connectivity index (χ0) is 19.0. The fourth-order valence-corrected chi connectivity index (χ4v) is 4.73. The summed E-state index contributed by atoms with van der Waals surface area (Å²) >= 11 is 0. The minimum atomic E-state index is -0.296. The molecule has 27 heavy (non-hydrogen) atoms. The Morgan fingerprint density at radius 3 is 2.07 bits per heavy atom. The number of likely N-dealkylation sites (N-methyl/N-ethyl adjacent to an activating group) is 1. The van der Waals surface area contributed by atoms with Gasteiger partial charge in [0.15, 0.2) is 0 Å². The number of piperidine rings is 1. The topological polar surface area (TPSA) is 64.2 Å². The molecule has 3 heterocycles. The molecule has 0 aromatic carbocycles. The van der Waals surface area contributed by atoms with Crippen molar-refractivity contribution in [2.24, 2.45) is 11.8 Å². The summed E-state index contributed by atoms with van der Waals surface area (Å²) in [6, 6.07) is -0.296. The van der Waals surface area contributed by atoms with Crippen molar-refractivity contribution in [3.63, 3.8) is 0 Å². The van der Waals surface area contributed by atoms with Gasteiger partial charge >= 0.3 is 0 Å². The Kier molecular flexibility index (Phi) is 5.39. The molecule has 1 saturated carbocycles. The molecule has 3 saturated heterocycles. The first-order valence-corrected chi connectivity index (χ1v) is 10.6. The van der Waals surface area contributed by atoms with Gasteiger partial charge in [0, 0.05) is 51.7 Å². The quantitative estimate of drug-likeness (QED) is 0.715. The lowest BCUT2D eigenvalue weighted by molar-refractivity contribution is -0.149. The van der Waals surface area contributed by atoms with Crippen molar-refractivity contribution in [3.05, 3.63) is 0 Å². The molecule has 0 aromatic rings. The number of nitrogens with zero attached hydrogens (tertiary/aromatic N) is 4. The van der Waals surface area contributed by atoms with Gasteiger partial charge in [-0.1, -0.05) is 0 Å². The van der Waals surface area contributed by atoms with E-state index in [-0.39, 0.29) is 35.6 Å². The predicted molar refractivity (Wildman–Crippen MR) is 101 cm³/mol. The number of amides is 3. The minimum Gasteiger partial charge on any atom is -0.342 e. The number of piperazine rings is 1. The van der Waals surface area contributed by atoms with E-state index in [9.17, 15) is 14.4 Å². The first kappa shape index (κ1) is 18.7. The Morgan fingerprint density at radius 1 is 0.667 bits per heavy atom. The highest BCUT2D eigenvalue weighted by Gasteiger charge is 2.42. The molecule has 0 aromatic heterocycles. The third-order valence-corrected chi connectivity index (χ3v) is 6.64. The van der Waals surface area contributed by atoms with Gasteiger partial charge in [-0.15, -0.1) is 0 Å². The smallest absolute Gasteiger partial charge is 0.245 e. The third kappa shape index (κ3) is 3.98. The lowest BCUT2D eigenvalue weighted by Crippen LogP contribution is -2.55. The van der Waals surface area contributed by atoms with E-state index in [4.69, 9.17) is 0 Å². The zero-order valence-corrected chi connectivity index (χ0v) is 16.4. The fraction of sp³-hybridized carbons (Fsp3) is 0.850. The molecule has 0 radical (unpaired) electrons. The number of rotatable bonds is 3. The van der Waals surface area contributed by atoms with E-state index in [2.05, 4.69) is 11.9 Å². The summed E-state index contributed by atoms with van der Waals surface area (Å²) in [5.41, 5.74) is 0. The molecular formula is C20H32N4O3. The average molecular weight is 377 g/mol. The molecule has 4 rings (SSSR count). The van der Waals surface area contributed by atoms with Crippen molar-refractivity contribution >= 4 is 17.7 Å². The van der Waals surface area contributed by atoms with Crippen LogP contribution in [0, 0.1) is 11.8 Å². The van der Waals surface area contributed by atoms with E-state index in [0.29, 0.717) is 13.1 Å². The molecule has 0 spiro atoms. The molecule has 7 heteroatoms. The van der Waals surface area contributed by atoms with Crippen LogP contribution in [0.2, 0.25) is 0 Å². The van der Waals surface area contributed by atoms with Gasteiger partial charge in [0.2, 0.25) is 17.7 Å². The minimum absolute atomic E-state index is 0.0910. The van der Waals surface area contributed by atoms with Gasteiger partial charge in [-0.05, 0) is 45.6 Å². The molecule has 0 bridgehead atoms. The van der Waals surface area contributed by atoms with E-state index in [1.54, 1.807) is 0 Å². The number of hydrogen-bond acceptors (Lipinski definition) is 4. The zero-order valence-electron chi connectivity index (χ0n) is 16.4. The van der Waals surface area contributed by atoms with E-state index in [1.165, 1.54) is 0 Å². The van der Waals surface area contributed by atoms with Gasteiger partial charge in [-0.2, -0.15) is 0 Å². The van der Waals surface area contributed by atoms with Gasteiger partial charge in [0.25, 0.3) is 0 Å². The third-order valence-electron chi connectivity index (χ3n) is 6.64. The Bertz CT molecular complexity index is 598. The maximum absolute atomic E-state index is 13.2. The molecule has 0 N–H and O–H groups in total. The van der Waals surface area contributed by atoms with Crippen LogP contribution in [0.25, 0.3) is 0 Å². The van der Waals surface area contributed by atoms with Gasteiger partial charge in [0.05, 0.1) is 5.92 Å². The summed E-state index contributed by atoms with van der Waals surface area (Å²) in [4.78, 5) is 46.5. The number of likely N-dealkylation sites (tertiary alicyclic amines) is 2. The molecule has 7 nitrogen and oxygen atoms in total. The van der Waals surface area contributed by atoms with Crippen LogP contribution in [-0.2, 0) is 14.4 Å². The molecule has 4 fully saturated rings. The first-order chi connectivity index (χ1) is 13.0. The second kappa shape index (κ2) is 7.78. The summed E-state index contributed by atoms with van der Waals surface area (Å²) in [6.07, 6.45) is 5.39. The standard InChI is InChI=1S/C20H32N4O3/c1-21-10-12-22(13-11-21)20(27)17-5-3-9-24(17)19(26)16-4-2-8-23(14-16)18(25)15-6-7-15/h15-17H,2-14H2,1H3. The van der Waals surface area contributed by atoms with Crippen molar-refractivity contribution < 1.29 is 14.4 Å². The summed E-state index contributed by atoms with van der Waals surface area (Å²) in [6.45, 7) is 5.29. The molecule has 4 aliphatic rings. The van der Waals surface area contributed by atoms with Crippen molar-refractivity contribution in [1.82, 2.24) is 19.6 Å². The van der Waals surface area contributed by atoms with E-state index < -0.39 is 0 Å². The molecule has 3 amide bonds. The molecule has 3 aliphatic heterocycles. The SMILES string of the molecule is CN1CCN(C(=O)C2CCCN2C(=O)C2CCCN(C(=O)C3CC3)C2)CC1. The van der Waals surface area contributed by atoms with Gasteiger partial charge in [-0.25, -0.2) is 0 Å². The summed E-state index contributed by atoms with van der Waals surface area (Å²) in [5.74, 6) is 0.516. The largest absolute Gasteiger partial charge is 0.342 e. The van der Waals surface area contributed by atoms with Crippen LogP contribution in [0.4, 0.5) is 0 Å². The highest BCUT2D eigenvalue weighted by atomic mass is 16.2. The van der Waals surface area contributed by atoms with Crippen LogP contribution in [0.3, 0.4) is 0 Å². The second-order valence-corrected chi connectivity index (χ2v) is 8.72. The van der Waals surface area contributed by atoms with Crippen molar-refractivity contribution in [2.75, 3.05) is 52.9 Å². The van der Waals surface area contributed by atoms with E-state index in [1.807, 2.05) is 14.7 Å². The number of carbonyl (C=O) groups is 3. The molecule has 2 unspecified atom stereocenters. The average Bonchev–Trinajstić information content (AvgIpc) is 3.43.